The lowest BCUT2D eigenvalue weighted by atomic mass is 10.2. The van der Waals surface area contributed by atoms with Crippen LogP contribution in [-0.2, 0) is 10.9 Å². The zero-order chi connectivity index (χ0) is 13.2. The molecule has 0 bridgehead atoms. The Morgan fingerprint density at radius 1 is 1.53 bits per heavy atom. The highest BCUT2D eigenvalue weighted by Gasteiger charge is 2.39. The molecule has 2 nitrogen and oxygen atoms in total. The predicted octanol–water partition coefficient (Wildman–Crippen LogP) is 4.16. The monoisotopic (exact) mass is 303 g/mol. The molecule has 96 valence electrons. The number of alkyl halides is 3. The van der Waals surface area contributed by atoms with Gasteiger partial charge < -0.3 is 4.74 Å². The lowest BCUT2D eigenvalue weighted by molar-refractivity contribution is -0.140. The van der Waals surface area contributed by atoms with E-state index < -0.39 is 11.9 Å². The molecule has 8 heteroatoms. The third-order valence-corrected chi connectivity index (χ3v) is 3.21. The van der Waals surface area contributed by atoms with Crippen molar-refractivity contribution in [3.63, 3.8) is 0 Å². The van der Waals surface area contributed by atoms with E-state index in [0.29, 0.717) is 11.3 Å². The van der Waals surface area contributed by atoms with Crippen LogP contribution in [0.15, 0.2) is 0 Å². The zero-order valence-electron chi connectivity index (χ0n) is 8.97. The maximum absolute atomic E-state index is 12.6. The summed E-state index contributed by atoms with van der Waals surface area (Å²) in [6, 6.07) is 0. The van der Waals surface area contributed by atoms with Crippen molar-refractivity contribution < 1.29 is 17.9 Å². The van der Waals surface area contributed by atoms with E-state index in [4.69, 9.17) is 28.6 Å². The topological polar surface area (TPSA) is 22.1 Å². The Labute approximate surface area is 111 Å². The summed E-state index contributed by atoms with van der Waals surface area (Å²) < 4.78 is 42.6. The fourth-order valence-corrected chi connectivity index (χ4v) is 2.24. The quantitative estimate of drug-likeness (QED) is 0.783. The Hall–Kier alpha value is -0.400. The highest BCUT2D eigenvalue weighted by molar-refractivity contribution is 7.80. The van der Waals surface area contributed by atoms with Crippen molar-refractivity contribution in [2.75, 3.05) is 6.61 Å². The molecule has 0 saturated carbocycles. The van der Waals surface area contributed by atoms with Gasteiger partial charge in [0.2, 0.25) is 5.05 Å². The molecule has 0 aliphatic carbocycles. The molecule has 1 aromatic heterocycles. The summed E-state index contributed by atoms with van der Waals surface area (Å²) in [5.41, 5.74) is -1.08. The average Bonchev–Trinajstić information content (AvgIpc) is 2.56. The van der Waals surface area contributed by atoms with Crippen LogP contribution in [-0.4, -0.2) is 16.6 Å². The van der Waals surface area contributed by atoms with E-state index in [0.717, 1.165) is 0 Å². The minimum atomic E-state index is -4.58. The Balaban J connectivity index is 2.94. The highest BCUT2D eigenvalue weighted by atomic mass is 35.5. The molecule has 17 heavy (non-hydrogen) atoms. The Kier molecular flexibility index (Phi) is 4.74. The van der Waals surface area contributed by atoms with E-state index in [1.54, 1.807) is 0 Å². The average molecular weight is 304 g/mol. The summed E-state index contributed by atoms with van der Waals surface area (Å²) in [6.45, 7) is 3.99. The molecule has 0 N–H and O–H groups in total. The molecule has 1 rings (SSSR count). The number of hydrogen-bond acceptors (Lipinski definition) is 4. The highest BCUT2D eigenvalue weighted by Crippen LogP contribution is 2.36. The molecule has 1 heterocycles. The van der Waals surface area contributed by atoms with Crippen LogP contribution >= 0.6 is 35.2 Å². The second kappa shape index (κ2) is 5.49. The van der Waals surface area contributed by atoms with Gasteiger partial charge in [-0.3, -0.25) is 0 Å². The Morgan fingerprint density at radius 3 is 2.59 bits per heavy atom. The van der Waals surface area contributed by atoms with Crippen LogP contribution in [0.25, 0.3) is 0 Å². The van der Waals surface area contributed by atoms with Crippen LogP contribution in [0.5, 0.6) is 0 Å². The second-order valence-corrected chi connectivity index (χ2v) is 5.59. The maximum atomic E-state index is 12.6. The summed E-state index contributed by atoms with van der Waals surface area (Å²) in [6.07, 6.45) is -4.58. The summed E-state index contributed by atoms with van der Waals surface area (Å²) in [5.74, 6) is 0.172. The Morgan fingerprint density at radius 2 is 2.12 bits per heavy atom. The first-order valence-electron chi connectivity index (χ1n) is 4.62. The molecule has 1 aromatic rings. The smallest absolute Gasteiger partial charge is 0.435 e. The predicted molar refractivity (Wildman–Crippen MR) is 64.6 cm³/mol. The zero-order valence-corrected chi connectivity index (χ0v) is 11.4. The van der Waals surface area contributed by atoms with Crippen LogP contribution in [0.4, 0.5) is 13.2 Å². The molecule has 0 radical (unpaired) electrons. The van der Waals surface area contributed by atoms with Crippen LogP contribution in [0, 0.1) is 5.92 Å². The molecule has 0 saturated heterocycles. The molecule has 0 atom stereocenters. The van der Waals surface area contributed by atoms with E-state index in [1.165, 1.54) is 0 Å². The lowest BCUT2D eigenvalue weighted by Gasteiger charge is -2.10. The van der Waals surface area contributed by atoms with Gasteiger partial charge in [0.1, 0.15) is 4.88 Å². The standard InChI is InChI=1S/C9H9ClF3NOS2/c1-4(2)3-15-7(16)5-6(9(11,12)13)14-8(10)17-5/h4H,3H2,1-2H3. The van der Waals surface area contributed by atoms with Gasteiger partial charge in [-0.1, -0.05) is 36.8 Å². The number of halogens is 4. The van der Waals surface area contributed by atoms with Gasteiger partial charge in [-0.2, -0.15) is 13.2 Å². The normalized spacial score (nSPS) is 11.9. The number of hydrogen-bond donors (Lipinski definition) is 0. The Bertz CT molecular complexity index is 417. The van der Waals surface area contributed by atoms with E-state index >= 15 is 0 Å². The fraction of sp³-hybridized carbons (Fsp3) is 0.556. The van der Waals surface area contributed by atoms with Crippen LogP contribution in [0.1, 0.15) is 24.4 Å². The van der Waals surface area contributed by atoms with Crippen molar-refractivity contribution in [2.24, 2.45) is 5.92 Å². The number of ether oxygens (including phenoxy) is 1. The van der Waals surface area contributed by atoms with Crippen molar-refractivity contribution in [1.29, 1.82) is 0 Å². The van der Waals surface area contributed by atoms with Gasteiger partial charge in [0, 0.05) is 0 Å². The van der Waals surface area contributed by atoms with Gasteiger partial charge in [0.25, 0.3) is 0 Å². The molecule has 0 aromatic carbocycles. The SMILES string of the molecule is CC(C)COC(=S)c1sc(Cl)nc1C(F)(F)F. The first kappa shape index (κ1) is 14.7. The fourth-order valence-electron chi connectivity index (χ4n) is 0.932. The number of aromatic nitrogens is 1. The van der Waals surface area contributed by atoms with Crippen LogP contribution < -0.4 is 0 Å². The van der Waals surface area contributed by atoms with Crippen LogP contribution in [0.2, 0.25) is 4.47 Å². The van der Waals surface area contributed by atoms with Gasteiger partial charge in [-0.15, -0.1) is 0 Å². The number of nitrogens with zero attached hydrogens (tertiary/aromatic N) is 1. The molecule has 0 unspecified atom stereocenters. The number of rotatable bonds is 3. The van der Waals surface area contributed by atoms with Gasteiger partial charge >= 0.3 is 6.18 Å². The first-order chi connectivity index (χ1) is 7.71. The molecule has 0 aliphatic heterocycles. The minimum absolute atomic E-state index is 0.172. The molecule has 0 fully saturated rings. The van der Waals surface area contributed by atoms with E-state index in [-0.39, 0.29) is 26.9 Å². The maximum Gasteiger partial charge on any atom is 0.435 e. The minimum Gasteiger partial charge on any atom is -0.482 e. The largest absolute Gasteiger partial charge is 0.482 e. The van der Waals surface area contributed by atoms with Crippen molar-refractivity contribution in [1.82, 2.24) is 4.98 Å². The molecule has 0 amide bonds. The van der Waals surface area contributed by atoms with Gasteiger partial charge in [-0.25, -0.2) is 4.98 Å². The summed E-state index contributed by atoms with van der Waals surface area (Å²) in [7, 11) is 0. The third-order valence-electron chi connectivity index (χ3n) is 1.60. The number of thiocarbonyl (C=S) groups is 1. The van der Waals surface area contributed by atoms with Crippen LogP contribution in [0.3, 0.4) is 0 Å². The second-order valence-electron chi connectivity index (χ2n) is 3.63. The van der Waals surface area contributed by atoms with Gasteiger partial charge in [-0.05, 0) is 18.1 Å². The van der Waals surface area contributed by atoms with E-state index in [1.807, 2.05) is 13.8 Å². The van der Waals surface area contributed by atoms with Crippen molar-refractivity contribution in [2.45, 2.75) is 20.0 Å². The molecule has 0 spiro atoms. The molecular formula is C9H9ClF3NOS2. The van der Waals surface area contributed by atoms with E-state index in [9.17, 15) is 13.2 Å². The van der Waals surface area contributed by atoms with E-state index in [2.05, 4.69) is 4.98 Å². The molecular weight excluding hydrogens is 295 g/mol. The number of thiazole rings is 1. The summed E-state index contributed by atoms with van der Waals surface area (Å²) >= 11 is 10.9. The summed E-state index contributed by atoms with van der Waals surface area (Å²) in [5, 5.41) is -0.213. The van der Waals surface area contributed by atoms with Crippen molar-refractivity contribution >= 4 is 40.2 Å². The van der Waals surface area contributed by atoms with Gasteiger partial charge in [0.05, 0.1) is 6.61 Å². The summed E-state index contributed by atoms with van der Waals surface area (Å²) in [4.78, 5) is 2.98. The lowest BCUT2D eigenvalue weighted by Crippen LogP contribution is -2.14. The van der Waals surface area contributed by atoms with Crippen molar-refractivity contribution in [3.05, 3.63) is 15.0 Å². The third kappa shape index (κ3) is 4.08. The molecule has 0 aliphatic rings. The first-order valence-corrected chi connectivity index (χ1v) is 6.22. The van der Waals surface area contributed by atoms with Crippen molar-refractivity contribution in [3.8, 4) is 0 Å². The van der Waals surface area contributed by atoms with Gasteiger partial charge in [0.15, 0.2) is 10.2 Å².